The zero-order chi connectivity index (χ0) is 18.0. The van der Waals surface area contributed by atoms with Gasteiger partial charge in [-0.1, -0.05) is 40.0 Å². The van der Waals surface area contributed by atoms with E-state index in [2.05, 4.69) is 27.4 Å². The van der Waals surface area contributed by atoms with Gasteiger partial charge in [0, 0.05) is 26.8 Å². The Hall–Kier alpha value is -0.670. The third kappa shape index (κ3) is 38.8. The van der Waals surface area contributed by atoms with Gasteiger partial charge in [-0.05, 0) is 26.2 Å². The molecule has 0 atom stereocenters. The van der Waals surface area contributed by atoms with Crippen LogP contribution in [0.5, 0.6) is 0 Å². The number of carbonyl (C=O) groups is 2. The molecule has 0 fully saturated rings. The lowest BCUT2D eigenvalue weighted by molar-refractivity contribution is -0.302. The predicted molar refractivity (Wildman–Crippen MR) is 101 cm³/mol. The molecule has 0 unspecified atom stereocenters. The van der Waals surface area contributed by atoms with E-state index in [-0.39, 0.29) is 6.15 Å². The minimum atomic E-state index is -1.08. The zero-order valence-corrected chi connectivity index (χ0v) is 17.1. The Bertz CT molecular complexity index is 232. The van der Waals surface area contributed by atoms with Crippen molar-refractivity contribution in [2.45, 2.75) is 73.1 Å². The molecule has 0 bridgehead atoms. The second-order valence-electron chi connectivity index (χ2n) is 5.86. The van der Waals surface area contributed by atoms with Crippen molar-refractivity contribution in [1.29, 1.82) is 0 Å². The number of aliphatic carboxylic acids is 2. The summed E-state index contributed by atoms with van der Waals surface area (Å²) in [6.07, 6.45) is 13.2. The van der Waals surface area contributed by atoms with Crippen LogP contribution in [0, 0.1) is 0 Å². The maximum absolute atomic E-state index is 9.00. The molecule has 0 aliphatic heterocycles. The Morgan fingerprint density at radius 1 is 0.870 bits per heavy atom. The largest absolute Gasteiger partial charge is 0.550 e. The van der Waals surface area contributed by atoms with Gasteiger partial charge in [0.25, 0.3) is 5.97 Å². The molecule has 4 N–H and O–H groups in total. The Morgan fingerprint density at radius 2 is 1.04 bits per heavy atom. The van der Waals surface area contributed by atoms with Crippen LogP contribution in [-0.2, 0) is 9.59 Å². The Morgan fingerprint density at radius 3 is 1.17 bits per heavy atom. The summed E-state index contributed by atoms with van der Waals surface area (Å²) < 4.78 is 0. The van der Waals surface area contributed by atoms with Crippen molar-refractivity contribution < 1.29 is 19.8 Å². The summed E-state index contributed by atoms with van der Waals surface area (Å²) in [7, 11) is -0.519. The molecule has 6 heteroatoms. The van der Waals surface area contributed by atoms with Crippen molar-refractivity contribution >= 4 is 19.2 Å². The second-order valence-corrected chi connectivity index (χ2v) is 10.4. The summed E-state index contributed by atoms with van der Waals surface area (Å²) in [6.45, 7) is 11.6. The first kappa shape index (κ1) is 30.2. The topological polar surface area (TPSA) is 112 Å². The highest BCUT2D eigenvalue weighted by atomic mass is 31.2. The number of hydrogen-bond acceptors (Lipinski definition) is 4. The fourth-order valence-corrected chi connectivity index (χ4v) is 5.86. The molecular weight excluding hydrogens is 313 g/mol. The summed E-state index contributed by atoms with van der Waals surface area (Å²) >= 11 is 0. The van der Waals surface area contributed by atoms with Gasteiger partial charge in [-0.15, -0.1) is 0 Å². The SMILES string of the molecule is CC(=O)O.CC(=O)[O-].CCCC[P+](C)(CCCC)CCCC.N. The standard InChI is InChI=1S/C13H30P.2C2H4O2.H3N/c1-5-8-11-14(4,12-9-6-2)13-10-7-3;2*1-2(3)4;/h5-13H2,1-4H3;2*1H3,(H,3,4);1H3/q+1;;;/p-1. The van der Waals surface area contributed by atoms with E-state index in [0.29, 0.717) is 0 Å². The fraction of sp³-hybridized carbons (Fsp3) is 0.882. The molecule has 0 spiro atoms. The van der Waals surface area contributed by atoms with Gasteiger partial charge in [0.1, 0.15) is 0 Å². The smallest absolute Gasteiger partial charge is 0.300 e. The summed E-state index contributed by atoms with van der Waals surface area (Å²) in [5.74, 6) is -1.92. The molecule has 0 aromatic heterocycles. The highest BCUT2D eigenvalue weighted by molar-refractivity contribution is 7.75. The van der Waals surface area contributed by atoms with Gasteiger partial charge in [-0.3, -0.25) is 4.79 Å². The summed E-state index contributed by atoms with van der Waals surface area (Å²) in [5, 5.41) is 16.3. The van der Waals surface area contributed by atoms with Gasteiger partial charge < -0.3 is 21.2 Å². The molecule has 142 valence electrons. The molecule has 5 nitrogen and oxygen atoms in total. The molecule has 23 heavy (non-hydrogen) atoms. The number of carbonyl (C=O) groups excluding carboxylic acids is 1. The second kappa shape index (κ2) is 21.3. The average molecular weight is 353 g/mol. The first-order valence-electron chi connectivity index (χ1n) is 8.35. The summed E-state index contributed by atoms with van der Waals surface area (Å²) in [6, 6.07) is 0. The van der Waals surface area contributed by atoms with Crippen molar-refractivity contribution in [2.75, 3.05) is 25.2 Å². The molecule has 0 saturated heterocycles. The quantitative estimate of drug-likeness (QED) is 0.607. The Balaban J connectivity index is -0.000000167. The molecule has 0 aromatic carbocycles. The van der Waals surface area contributed by atoms with Crippen LogP contribution in [-0.4, -0.2) is 42.2 Å². The van der Waals surface area contributed by atoms with Crippen molar-refractivity contribution in [3.63, 3.8) is 0 Å². The van der Waals surface area contributed by atoms with E-state index >= 15 is 0 Å². The van der Waals surface area contributed by atoms with E-state index in [1.54, 1.807) is 18.5 Å². The van der Waals surface area contributed by atoms with Crippen LogP contribution in [0.3, 0.4) is 0 Å². The van der Waals surface area contributed by atoms with E-state index in [0.717, 1.165) is 13.8 Å². The molecule has 0 radical (unpaired) electrons. The van der Waals surface area contributed by atoms with Crippen molar-refractivity contribution in [3.8, 4) is 0 Å². The number of unbranched alkanes of at least 4 members (excludes halogenated alkanes) is 3. The summed E-state index contributed by atoms with van der Waals surface area (Å²) in [4.78, 5) is 17.9. The lowest BCUT2D eigenvalue weighted by Crippen LogP contribution is -2.16. The lowest BCUT2D eigenvalue weighted by atomic mass is 10.4. The zero-order valence-electron chi connectivity index (χ0n) is 16.2. The highest BCUT2D eigenvalue weighted by Gasteiger charge is 2.28. The number of carboxylic acid groups (broad SMARTS) is 2. The first-order chi connectivity index (χ1) is 10.1. The molecule has 0 rings (SSSR count). The molecule has 0 aliphatic rings. The highest BCUT2D eigenvalue weighted by Crippen LogP contribution is 2.57. The van der Waals surface area contributed by atoms with Gasteiger partial charge in [0.05, 0.1) is 18.5 Å². The van der Waals surface area contributed by atoms with Crippen molar-refractivity contribution in [2.24, 2.45) is 0 Å². The predicted octanol–water partition coefficient (Wildman–Crippen LogP) is 4.04. The van der Waals surface area contributed by atoms with E-state index in [9.17, 15) is 0 Å². The van der Waals surface area contributed by atoms with Gasteiger partial charge in [-0.25, -0.2) is 0 Å². The number of carboxylic acids is 2. The van der Waals surface area contributed by atoms with Crippen LogP contribution in [0.2, 0.25) is 0 Å². The van der Waals surface area contributed by atoms with E-state index in [1.165, 1.54) is 38.5 Å². The maximum Gasteiger partial charge on any atom is 0.300 e. The van der Waals surface area contributed by atoms with Gasteiger partial charge in [-0.2, -0.15) is 0 Å². The maximum atomic E-state index is 9.00. The van der Waals surface area contributed by atoms with Gasteiger partial charge in [0.2, 0.25) is 0 Å². The first-order valence-corrected chi connectivity index (χ1v) is 11.1. The number of rotatable bonds is 9. The van der Waals surface area contributed by atoms with Crippen LogP contribution in [0.4, 0.5) is 0 Å². The van der Waals surface area contributed by atoms with Crippen molar-refractivity contribution in [1.82, 2.24) is 6.15 Å². The normalized spacial score (nSPS) is 9.48. The van der Waals surface area contributed by atoms with Crippen LogP contribution >= 0.6 is 7.26 Å². The van der Waals surface area contributed by atoms with E-state index in [4.69, 9.17) is 19.8 Å². The van der Waals surface area contributed by atoms with Crippen LogP contribution in [0.1, 0.15) is 73.1 Å². The monoisotopic (exact) mass is 353 g/mol. The molecule has 0 aromatic rings. The van der Waals surface area contributed by atoms with Crippen molar-refractivity contribution in [3.05, 3.63) is 0 Å². The third-order valence-electron chi connectivity index (χ3n) is 3.15. The molecule has 0 saturated carbocycles. The Kier molecular flexibility index (Phi) is 28.0. The molecule has 0 aliphatic carbocycles. The van der Waals surface area contributed by atoms with E-state index in [1.807, 2.05) is 0 Å². The van der Waals surface area contributed by atoms with Gasteiger partial charge >= 0.3 is 0 Å². The average Bonchev–Trinajstić information content (AvgIpc) is 2.40. The molecular formula is C17H40NO4P. The van der Waals surface area contributed by atoms with Crippen LogP contribution < -0.4 is 11.3 Å². The molecule has 0 amide bonds. The van der Waals surface area contributed by atoms with Crippen LogP contribution in [0.25, 0.3) is 0 Å². The lowest BCUT2D eigenvalue weighted by Gasteiger charge is -2.22. The van der Waals surface area contributed by atoms with E-state index < -0.39 is 19.2 Å². The van der Waals surface area contributed by atoms with Crippen LogP contribution in [0.15, 0.2) is 0 Å². The molecule has 0 heterocycles. The summed E-state index contributed by atoms with van der Waals surface area (Å²) in [5.41, 5.74) is 0. The number of hydrogen-bond donors (Lipinski definition) is 2. The minimum Gasteiger partial charge on any atom is -0.550 e. The van der Waals surface area contributed by atoms with Gasteiger partial charge in [0.15, 0.2) is 0 Å². The fourth-order valence-electron chi connectivity index (χ4n) is 1.95. The Labute approximate surface area is 144 Å². The third-order valence-corrected chi connectivity index (χ3v) is 7.34. The minimum absolute atomic E-state index is 0.